The molecular formula is C14H17ClN2O3S. The summed E-state index contributed by atoms with van der Waals surface area (Å²) in [4.78, 5) is 0. The molecule has 0 aliphatic heterocycles. The zero-order valence-corrected chi connectivity index (χ0v) is 13.4. The van der Waals surface area contributed by atoms with Gasteiger partial charge in [0.05, 0.1) is 5.69 Å². The van der Waals surface area contributed by atoms with Crippen LogP contribution in [0.25, 0.3) is 0 Å². The second-order valence-electron chi connectivity index (χ2n) is 4.82. The van der Waals surface area contributed by atoms with Gasteiger partial charge in [0.25, 0.3) is 0 Å². The lowest BCUT2D eigenvalue weighted by Gasteiger charge is -2.17. The molecule has 0 fully saturated rings. The zero-order chi connectivity index (χ0) is 15.5. The lowest BCUT2D eigenvalue weighted by atomic mass is 10.1. The van der Waals surface area contributed by atoms with Crippen LogP contribution in [0.1, 0.15) is 36.4 Å². The first-order valence-corrected chi connectivity index (χ1v) is 8.60. The van der Waals surface area contributed by atoms with E-state index in [1.165, 1.54) is 0 Å². The summed E-state index contributed by atoms with van der Waals surface area (Å²) in [5.74, 6) is 0.101. The van der Waals surface area contributed by atoms with E-state index in [1.807, 2.05) is 19.1 Å². The van der Waals surface area contributed by atoms with E-state index in [9.17, 15) is 8.42 Å². The van der Waals surface area contributed by atoms with Crippen molar-refractivity contribution in [3.63, 3.8) is 0 Å². The lowest BCUT2D eigenvalue weighted by molar-refractivity contribution is 0.388. The van der Waals surface area contributed by atoms with Crippen molar-refractivity contribution in [3.05, 3.63) is 52.4 Å². The van der Waals surface area contributed by atoms with Crippen LogP contribution in [0, 0.1) is 6.92 Å². The van der Waals surface area contributed by atoms with Gasteiger partial charge in [-0.1, -0.05) is 35.8 Å². The van der Waals surface area contributed by atoms with E-state index in [1.54, 1.807) is 25.1 Å². The number of hydrogen-bond donors (Lipinski definition) is 1. The molecule has 0 spiro atoms. The van der Waals surface area contributed by atoms with Crippen molar-refractivity contribution in [2.24, 2.45) is 0 Å². The number of hydrogen-bond acceptors (Lipinski definition) is 4. The van der Waals surface area contributed by atoms with Gasteiger partial charge in [0.15, 0.2) is 5.76 Å². The number of nitrogens with zero attached hydrogens (tertiary/aromatic N) is 1. The second kappa shape index (κ2) is 6.60. The number of aromatic nitrogens is 1. The molecule has 21 heavy (non-hydrogen) atoms. The molecule has 0 bridgehead atoms. The summed E-state index contributed by atoms with van der Waals surface area (Å²) in [6.07, 6.45) is 0.635. The molecular weight excluding hydrogens is 312 g/mol. The topological polar surface area (TPSA) is 72.2 Å². The Morgan fingerprint density at radius 3 is 2.52 bits per heavy atom. The van der Waals surface area contributed by atoms with Crippen molar-refractivity contribution < 1.29 is 12.9 Å². The minimum Gasteiger partial charge on any atom is -0.360 e. The second-order valence-corrected chi connectivity index (χ2v) is 7.01. The maximum Gasteiger partial charge on any atom is 0.219 e. The highest BCUT2D eigenvalue weighted by Crippen LogP contribution is 2.21. The van der Waals surface area contributed by atoms with Crippen LogP contribution >= 0.6 is 11.6 Å². The summed E-state index contributed by atoms with van der Waals surface area (Å²) in [5.41, 5.74) is 1.53. The van der Waals surface area contributed by atoms with Crippen LogP contribution in [0.2, 0.25) is 5.02 Å². The molecule has 0 saturated carbocycles. The third kappa shape index (κ3) is 4.56. The highest BCUT2D eigenvalue weighted by atomic mass is 35.5. The minimum absolute atomic E-state index is 0.224. The fraction of sp³-hybridized carbons (Fsp3) is 0.357. The summed E-state index contributed by atoms with van der Waals surface area (Å²) in [5, 5.41) is 4.31. The van der Waals surface area contributed by atoms with Gasteiger partial charge in [0, 0.05) is 17.1 Å². The minimum atomic E-state index is -3.51. The molecule has 114 valence electrons. The Bertz CT molecular complexity index is 695. The Balaban J connectivity index is 2.11. The standard InChI is InChI=1S/C14H17ClN2O3S/c1-3-14(11-4-6-12(15)7-5-11)17-21(18,19)9-13-8-10(2)16-20-13/h4-8,14,17H,3,9H2,1-2H3/t14-/m0/s1. The third-order valence-electron chi connectivity index (χ3n) is 3.01. The Morgan fingerprint density at radius 1 is 1.33 bits per heavy atom. The van der Waals surface area contributed by atoms with Gasteiger partial charge >= 0.3 is 0 Å². The van der Waals surface area contributed by atoms with Crippen molar-refractivity contribution in [2.45, 2.75) is 32.1 Å². The summed E-state index contributed by atoms with van der Waals surface area (Å²) >= 11 is 5.84. The highest BCUT2D eigenvalue weighted by molar-refractivity contribution is 7.88. The van der Waals surface area contributed by atoms with E-state index in [0.29, 0.717) is 22.9 Å². The quantitative estimate of drug-likeness (QED) is 0.883. The molecule has 2 rings (SSSR count). The number of halogens is 1. The van der Waals surface area contributed by atoms with Gasteiger partial charge in [-0.05, 0) is 31.0 Å². The predicted molar refractivity (Wildman–Crippen MR) is 81.5 cm³/mol. The Morgan fingerprint density at radius 2 is 2.00 bits per heavy atom. The summed E-state index contributed by atoms with van der Waals surface area (Å²) in [6, 6.07) is 8.44. The average molecular weight is 329 g/mol. The van der Waals surface area contributed by atoms with Crippen LogP contribution in [0.5, 0.6) is 0 Å². The van der Waals surface area contributed by atoms with Crippen molar-refractivity contribution >= 4 is 21.6 Å². The Labute approximate surface area is 129 Å². The first-order valence-electron chi connectivity index (χ1n) is 6.57. The summed E-state index contributed by atoms with van der Waals surface area (Å²) < 4.78 is 32.0. The molecule has 2 aromatic rings. The maximum absolute atomic E-state index is 12.2. The van der Waals surface area contributed by atoms with Gasteiger partial charge in [-0.15, -0.1) is 0 Å². The maximum atomic E-state index is 12.2. The third-order valence-corrected chi connectivity index (χ3v) is 4.57. The SMILES string of the molecule is CC[C@H](NS(=O)(=O)Cc1cc(C)no1)c1ccc(Cl)cc1. The number of aryl methyl sites for hydroxylation is 1. The normalized spacial score (nSPS) is 13.3. The van der Waals surface area contributed by atoms with Crippen LogP contribution < -0.4 is 4.72 Å². The van der Waals surface area contributed by atoms with Crippen LogP contribution in [0.15, 0.2) is 34.9 Å². The Kier molecular flexibility index (Phi) is 5.03. The number of rotatable bonds is 6. The molecule has 1 heterocycles. The van der Waals surface area contributed by atoms with E-state index < -0.39 is 10.0 Å². The molecule has 5 nitrogen and oxygen atoms in total. The smallest absolute Gasteiger partial charge is 0.219 e. The van der Waals surface area contributed by atoms with E-state index in [-0.39, 0.29) is 11.8 Å². The monoisotopic (exact) mass is 328 g/mol. The van der Waals surface area contributed by atoms with Crippen LogP contribution in [0.4, 0.5) is 0 Å². The first-order chi connectivity index (χ1) is 9.89. The molecule has 0 unspecified atom stereocenters. The van der Waals surface area contributed by atoms with Gasteiger partial charge in [-0.25, -0.2) is 13.1 Å². The fourth-order valence-corrected chi connectivity index (χ4v) is 3.47. The van der Waals surface area contributed by atoms with Crippen LogP contribution in [0.3, 0.4) is 0 Å². The predicted octanol–water partition coefficient (Wildman–Crippen LogP) is 3.21. The molecule has 0 aliphatic carbocycles. The first kappa shape index (κ1) is 16.0. The molecule has 0 amide bonds. The lowest BCUT2D eigenvalue weighted by Crippen LogP contribution is -2.29. The van der Waals surface area contributed by atoms with Gasteiger partial charge in [-0.2, -0.15) is 0 Å². The van der Waals surface area contributed by atoms with Crippen molar-refractivity contribution in [3.8, 4) is 0 Å². The van der Waals surface area contributed by atoms with Crippen molar-refractivity contribution in [1.82, 2.24) is 9.88 Å². The fourth-order valence-electron chi connectivity index (χ4n) is 2.01. The molecule has 1 N–H and O–H groups in total. The number of benzene rings is 1. The van der Waals surface area contributed by atoms with Crippen LogP contribution in [-0.2, 0) is 15.8 Å². The summed E-state index contributed by atoms with van der Waals surface area (Å²) in [7, 11) is -3.51. The van der Waals surface area contributed by atoms with Crippen molar-refractivity contribution in [2.75, 3.05) is 0 Å². The molecule has 0 aliphatic rings. The Hall–Kier alpha value is -1.37. The average Bonchev–Trinajstić information content (AvgIpc) is 2.81. The number of sulfonamides is 1. The molecule has 1 aromatic carbocycles. The van der Waals surface area contributed by atoms with E-state index >= 15 is 0 Å². The molecule has 7 heteroatoms. The van der Waals surface area contributed by atoms with E-state index in [4.69, 9.17) is 16.1 Å². The molecule has 0 saturated heterocycles. The molecule has 1 aromatic heterocycles. The molecule has 1 atom stereocenters. The van der Waals surface area contributed by atoms with Gasteiger partial charge < -0.3 is 4.52 Å². The number of nitrogens with one attached hydrogen (secondary N) is 1. The van der Waals surface area contributed by atoms with Crippen LogP contribution in [-0.4, -0.2) is 13.6 Å². The van der Waals surface area contributed by atoms with E-state index in [2.05, 4.69) is 9.88 Å². The summed E-state index contributed by atoms with van der Waals surface area (Å²) in [6.45, 7) is 3.66. The van der Waals surface area contributed by atoms with Crippen molar-refractivity contribution in [1.29, 1.82) is 0 Å². The molecule has 0 radical (unpaired) electrons. The van der Waals surface area contributed by atoms with Gasteiger partial charge in [0.2, 0.25) is 10.0 Å². The van der Waals surface area contributed by atoms with Gasteiger partial charge in [-0.3, -0.25) is 0 Å². The van der Waals surface area contributed by atoms with Gasteiger partial charge in [0.1, 0.15) is 5.75 Å². The highest BCUT2D eigenvalue weighted by Gasteiger charge is 2.20. The largest absolute Gasteiger partial charge is 0.360 e. The zero-order valence-electron chi connectivity index (χ0n) is 11.8. The van der Waals surface area contributed by atoms with E-state index in [0.717, 1.165) is 5.56 Å².